The zero-order valence-corrected chi connectivity index (χ0v) is 14.6. The Morgan fingerprint density at radius 1 is 1.19 bits per heavy atom. The number of ether oxygens (including phenoxy) is 1. The average molecular weight is 359 g/mol. The van der Waals surface area contributed by atoms with E-state index in [-0.39, 0.29) is 29.8 Å². The molecule has 3 heterocycles. The molecule has 0 N–H and O–H groups in total. The van der Waals surface area contributed by atoms with Crippen molar-refractivity contribution in [2.24, 2.45) is 5.92 Å². The van der Waals surface area contributed by atoms with E-state index in [0.29, 0.717) is 26.2 Å². The number of piperazine rings is 1. The fourth-order valence-corrected chi connectivity index (χ4v) is 4.42. The highest BCUT2D eigenvalue weighted by Gasteiger charge is 2.63. The summed E-state index contributed by atoms with van der Waals surface area (Å²) in [5, 5.41) is 0. The van der Waals surface area contributed by atoms with Gasteiger partial charge in [-0.05, 0) is 30.5 Å². The number of amides is 2. The van der Waals surface area contributed by atoms with Crippen LogP contribution in [0.1, 0.15) is 18.4 Å². The lowest BCUT2D eigenvalue weighted by molar-refractivity contribution is -0.157. The number of hydrogen-bond acceptors (Lipinski definition) is 4. The van der Waals surface area contributed by atoms with Crippen LogP contribution in [0.4, 0.5) is 9.18 Å². The second-order valence-corrected chi connectivity index (χ2v) is 7.97. The lowest BCUT2D eigenvalue weighted by Crippen LogP contribution is -2.72. The molecule has 1 unspecified atom stereocenters. The van der Waals surface area contributed by atoms with Gasteiger partial charge < -0.3 is 9.64 Å². The molecule has 4 aliphatic rings. The molecule has 0 bridgehead atoms. The van der Waals surface area contributed by atoms with Gasteiger partial charge in [0.1, 0.15) is 5.82 Å². The number of carbonyl (C=O) groups is 2. The van der Waals surface area contributed by atoms with Crippen molar-refractivity contribution in [3.63, 3.8) is 0 Å². The molecule has 1 spiro atoms. The van der Waals surface area contributed by atoms with Gasteiger partial charge in [0.15, 0.2) is 5.60 Å². The first-order chi connectivity index (χ1) is 12.5. The number of benzene rings is 1. The van der Waals surface area contributed by atoms with E-state index in [1.165, 1.54) is 12.1 Å². The summed E-state index contributed by atoms with van der Waals surface area (Å²) < 4.78 is 18.8. The van der Waals surface area contributed by atoms with Gasteiger partial charge in [0.25, 0.3) is 0 Å². The first-order valence-corrected chi connectivity index (χ1v) is 9.29. The molecule has 2 amide bonds. The molecule has 1 aromatic carbocycles. The highest BCUT2D eigenvalue weighted by molar-refractivity contribution is 5.83. The van der Waals surface area contributed by atoms with Crippen molar-refractivity contribution in [3.8, 4) is 0 Å². The zero-order valence-electron chi connectivity index (χ0n) is 14.6. The van der Waals surface area contributed by atoms with Crippen LogP contribution in [-0.4, -0.2) is 71.1 Å². The molecule has 3 aliphatic heterocycles. The summed E-state index contributed by atoms with van der Waals surface area (Å²) in [7, 11) is 0. The van der Waals surface area contributed by atoms with Gasteiger partial charge >= 0.3 is 6.09 Å². The molecular formula is C19H22FN3O3. The Hall–Kier alpha value is -2.15. The predicted molar refractivity (Wildman–Crippen MR) is 90.7 cm³/mol. The lowest BCUT2D eigenvalue weighted by atomic mass is 9.84. The SMILES string of the molecule is O=C(C1CC1)N1CC2(C1)OC(=O)N1CCN(Cc3ccc(F)cc3)CC12. The maximum absolute atomic E-state index is 13.1. The first-order valence-electron chi connectivity index (χ1n) is 9.29. The molecule has 7 heteroatoms. The van der Waals surface area contributed by atoms with Gasteiger partial charge in [-0.1, -0.05) is 12.1 Å². The van der Waals surface area contributed by atoms with Crippen LogP contribution in [0.25, 0.3) is 0 Å². The molecule has 3 saturated heterocycles. The molecule has 26 heavy (non-hydrogen) atoms. The van der Waals surface area contributed by atoms with Gasteiger partial charge in [0.2, 0.25) is 5.91 Å². The predicted octanol–water partition coefficient (Wildman–Crippen LogP) is 1.45. The minimum atomic E-state index is -0.552. The summed E-state index contributed by atoms with van der Waals surface area (Å²) in [5.41, 5.74) is 0.501. The third-order valence-electron chi connectivity index (χ3n) is 6.07. The van der Waals surface area contributed by atoms with E-state index in [4.69, 9.17) is 4.74 Å². The van der Waals surface area contributed by atoms with E-state index in [1.54, 1.807) is 12.1 Å². The van der Waals surface area contributed by atoms with Crippen molar-refractivity contribution in [1.82, 2.24) is 14.7 Å². The largest absolute Gasteiger partial charge is 0.437 e. The molecule has 4 fully saturated rings. The van der Waals surface area contributed by atoms with Crippen molar-refractivity contribution in [1.29, 1.82) is 0 Å². The summed E-state index contributed by atoms with van der Waals surface area (Å²) in [4.78, 5) is 30.5. The number of likely N-dealkylation sites (tertiary alicyclic amines) is 1. The topological polar surface area (TPSA) is 53.1 Å². The third kappa shape index (κ3) is 2.57. The Morgan fingerprint density at radius 3 is 2.62 bits per heavy atom. The van der Waals surface area contributed by atoms with E-state index in [0.717, 1.165) is 31.5 Å². The Balaban J connectivity index is 1.27. The molecule has 0 aromatic heterocycles. The van der Waals surface area contributed by atoms with Crippen molar-refractivity contribution in [3.05, 3.63) is 35.6 Å². The van der Waals surface area contributed by atoms with Crippen LogP contribution in [0.15, 0.2) is 24.3 Å². The van der Waals surface area contributed by atoms with Crippen molar-refractivity contribution in [2.75, 3.05) is 32.7 Å². The maximum atomic E-state index is 13.1. The van der Waals surface area contributed by atoms with Gasteiger partial charge in [-0.25, -0.2) is 9.18 Å². The molecular weight excluding hydrogens is 337 g/mol. The summed E-state index contributed by atoms with van der Waals surface area (Å²) in [6.45, 7) is 3.86. The fraction of sp³-hybridized carbons (Fsp3) is 0.579. The number of rotatable bonds is 3. The van der Waals surface area contributed by atoms with E-state index in [1.807, 2.05) is 9.80 Å². The number of nitrogens with zero attached hydrogens (tertiary/aromatic N) is 3. The molecule has 1 aromatic rings. The summed E-state index contributed by atoms with van der Waals surface area (Å²) in [6.07, 6.45) is 1.72. The number of halogens is 1. The van der Waals surface area contributed by atoms with Crippen LogP contribution in [0, 0.1) is 11.7 Å². The summed E-state index contributed by atoms with van der Waals surface area (Å²) >= 11 is 0. The highest BCUT2D eigenvalue weighted by atomic mass is 19.1. The van der Waals surface area contributed by atoms with Gasteiger partial charge in [0, 0.05) is 32.1 Å². The highest BCUT2D eigenvalue weighted by Crippen LogP contribution is 2.42. The zero-order chi connectivity index (χ0) is 17.9. The van der Waals surface area contributed by atoms with Gasteiger partial charge in [-0.2, -0.15) is 0 Å². The van der Waals surface area contributed by atoms with Crippen molar-refractivity contribution in [2.45, 2.75) is 31.0 Å². The summed E-state index contributed by atoms with van der Waals surface area (Å²) in [5.74, 6) is 0.174. The maximum Gasteiger partial charge on any atom is 0.411 e. The Labute approximate surface area is 151 Å². The van der Waals surface area contributed by atoms with E-state index in [9.17, 15) is 14.0 Å². The second kappa shape index (κ2) is 5.67. The third-order valence-corrected chi connectivity index (χ3v) is 6.07. The molecule has 5 rings (SSSR count). The Morgan fingerprint density at radius 2 is 1.92 bits per heavy atom. The summed E-state index contributed by atoms with van der Waals surface area (Å²) in [6, 6.07) is 6.53. The average Bonchev–Trinajstić information content (AvgIpc) is 3.40. The normalized spacial score (nSPS) is 27.3. The van der Waals surface area contributed by atoms with E-state index < -0.39 is 5.60 Å². The monoisotopic (exact) mass is 359 g/mol. The molecule has 1 atom stereocenters. The molecule has 138 valence electrons. The van der Waals surface area contributed by atoms with Crippen molar-refractivity contribution < 1.29 is 18.7 Å². The van der Waals surface area contributed by atoms with Gasteiger partial charge in [-0.15, -0.1) is 0 Å². The Kier molecular flexibility index (Phi) is 3.50. The van der Waals surface area contributed by atoms with Gasteiger partial charge in [-0.3, -0.25) is 14.6 Å². The van der Waals surface area contributed by atoms with E-state index >= 15 is 0 Å². The number of carbonyl (C=O) groups excluding carboxylic acids is 2. The van der Waals surface area contributed by atoms with Crippen LogP contribution in [0.5, 0.6) is 0 Å². The molecule has 0 radical (unpaired) electrons. The van der Waals surface area contributed by atoms with Crippen LogP contribution in [-0.2, 0) is 16.1 Å². The van der Waals surface area contributed by atoms with E-state index in [2.05, 4.69) is 4.90 Å². The lowest BCUT2D eigenvalue weighted by Gasteiger charge is -2.51. The van der Waals surface area contributed by atoms with Crippen molar-refractivity contribution >= 4 is 12.0 Å². The molecule has 6 nitrogen and oxygen atoms in total. The second-order valence-electron chi connectivity index (χ2n) is 7.97. The fourth-order valence-electron chi connectivity index (χ4n) is 4.42. The number of fused-ring (bicyclic) bond motifs is 2. The van der Waals surface area contributed by atoms with Crippen LogP contribution < -0.4 is 0 Å². The van der Waals surface area contributed by atoms with Crippen LogP contribution >= 0.6 is 0 Å². The van der Waals surface area contributed by atoms with Crippen LogP contribution in [0.2, 0.25) is 0 Å². The Bertz CT molecular complexity index is 743. The minimum Gasteiger partial charge on any atom is -0.437 e. The smallest absolute Gasteiger partial charge is 0.411 e. The molecule has 1 aliphatic carbocycles. The number of hydrogen-bond donors (Lipinski definition) is 0. The first kappa shape index (κ1) is 16.1. The molecule has 1 saturated carbocycles. The van der Waals surface area contributed by atoms with Crippen LogP contribution in [0.3, 0.4) is 0 Å². The standard InChI is InChI=1S/C19H22FN3O3/c20-15-5-1-13(2-6-15)9-21-7-8-23-16(10-21)19(26-18(23)25)11-22(12-19)17(24)14-3-4-14/h1-2,5-6,14,16H,3-4,7-12H2. The minimum absolute atomic E-state index is 0.0209. The quantitative estimate of drug-likeness (QED) is 0.820. The van der Waals surface area contributed by atoms with Gasteiger partial charge in [0.05, 0.1) is 19.1 Å².